The molecule has 5 nitrogen and oxygen atoms in total. The van der Waals surface area contributed by atoms with E-state index in [2.05, 4.69) is 0 Å². The normalized spacial score (nSPS) is 16.1. The molecular formula is C10H6ClFN2O3. The maximum Gasteiger partial charge on any atom is 0.335 e. The van der Waals surface area contributed by atoms with Gasteiger partial charge in [0.05, 0.1) is 5.69 Å². The number of carbonyl (C=O) groups is 3. The van der Waals surface area contributed by atoms with E-state index in [1.807, 2.05) is 5.32 Å². The minimum atomic E-state index is -0.979. The van der Waals surface area contributed by atoms with E-state index in [-0.39, 0.29) is 10.7 Å². The predicted molar refractivity (Wildman–Crippen MR) is 57.1 cm³/mol. The Bertz CT molecular complexity index is 512. The fraction of sp³-hybridized carbons (Fsp3) is 0.100. The minimum Gasteiger partial charge on any atom is -0.277 e. The standard InChI is InChI=1S/C10H6ClFN2O3/c11-5-1-2-6(12)7(3-5)14-9(16)4-8(15)13-10(14)17/h1-3H,4H2,(H,13,15,17). The van der Waals surface area contributed by atoms with E-state index in [1.165, 1.54) is 6.07 Å². The summed E-state index contributed by atoms with van der Waals surface area (Å²) in [7, 11) is 0. The van der Waals surface area contributed by atoms with Gasteiger partial charge in [-0.2, -0.15) is 0 Å². The fourth-order valence-electron chi connectivity index (χ4n) is 1.45. The van der Waals surface area contributed by atoms with Gasteiger partial charge >= 0.3 is 6.03 Å². The van der Waals surface area contributed by atoms with Crippen molar-refractivity contribution >= 4 is 35.1 Å². The van der Waals surface area contributed by atoms with Crippen LogP contribution in [-0.4, -0.2) is 17.8 Å². The Morgan fingerprint density at radius 2 is 2.00 bits per heavy atom. The predicted octanol–water partition coefficient (Wildman–Crippen LogP) is 1.45. The van der Waals surface area contributed by atoms with Gasteiger partial charge < -0.3 is 0 Å². The molecule has 2 rings (SSSR count). The summed E-state index contributed by atoms with van der Waals surface area (Å²) in [6.07, 6.45) is -0.502. The molecule has 1 aliphatic rings. The van der Waals surface area contributed by atoms with Crippen molar-refractivity contribution < 1.29 is 18.8 Å². The molecule has 1 heterocycles. The van der Waals surface area contributed by atoms with Crippen LogP contribution < -0.4 is 10.2 Å². The molecule has 1 aliphatic heterocycles. The molecule has 1 N–H and O–H groups in total. The Hall–Kier alpha value is -1.95. The number of hydrogen-bond acceptors (Lipinski definition) is 3. The summed E-state index contributed by atoms with van der Waals surface area (Å²) >= 11 is 5.66. The number of halogens is 2. The third kappa shape index (κ3) is 2.12. The first kappa shape index (κ1) is 11.5. The summed E-state index contributed by atoms with van der Waals surface area (Å²) < 4.78 is 13.5. The van der Waals surface area contributed by atoms with Crippen LogP contribution in [0.15, 0.2) is 18.2 Å². The van der Waals surface area contributed by atoms with Gasteiger partial charge in [0.25, 0.3) is 0 Å². The van der Waals surface area contributed by atoms with E-state index >= 15 is 0 Å². The number of amides is 4. The molecule has 0 atom stereocenters. The number of hydrogen-bond donors (Lipinski definition) is 1. The van der Waals surface area contributed by atoms with Gasteiger partial charge in [0.1, 0.15) is 12.2 Å². The maximum absolute atomic E-state index is 13.5. The van der Waals surface area contributed by atoms with E-state index in [0.717, 1.165) is 12.1 Å². The summed E-state index contributed by atoms with van der Waals surface area (Å²) in [6.45, 7) is 0. The first-order valence-electron chi connectivity index (χ1n) is 4.61. The molecule has 1 aromatic carbocycles. The number of barbiturate groups is 1. The topological polar surface area (TPSA) is 66.5 Å². The Morgan fingerprint density at radius 1 is 1.29 bits per heavy atom. The highest BCUT2D eigenvalue weighted by molar-refractivity contribution is 6.31. The monoisotopic (exact) mass is 256 g/mol. The lowest BCUT2D eigenvalue weighted by atomic mass is 10.2. The highest BCUT2D eigenvalue weighted by Crippen LogP contribution is 2.25. The Balaban J connectivity index is 2.45. The van der Waals surface area contributed by atoms with E-state index in [9.17, 15) is 18.8 Å². The lowest BCUT2D eigenvalue weighted by Crippen LogP contribution is -2.53. The van der Waals surface area contributed by atoms with Gasteiger partial charge in [0.15, 0.2) is 0 Å². The van der Waals surface area contributed by atoms with Gasteiger partial charge in [-0.15, -0.1) is 0 Å². The Kier molecular flexibility index (Phi) is 2.81. The molecule has 1 aromatic rings. The van der Waals surface area contributed by atoms with Crippen molar-refractivity contribution in [2.24, 2.45) is 0 Å². The quantitative estimate of drug-likeness (QED) is 0.774. The Labute approximate surface area is 100 Å². The van der Waals surface area contributed by atoms with Gasteiger partial charge in [0.2, 0.25) is 11.8 Å². The van der Waals surface area contributed by atoms with Crippen molar-refractivity contribution in [3.05, 3.63) is 29.0 Å². The van der Waals surface area contributed by atoms with Crippen molar-refractivity contribution in [1.82, 2.24) is 5.32 Å². The van der Waals surface area contributed by atoms with Crippen LogP contribution in [-0.2, 0) is 9.59 Å². The van der Waals surface area contributed by atoms with E-state index < -0.39 is 30.1 Å². The first-order chi connectivity index (χ1) is 7.99. The van der Waals surface area contributed by atoms with Crippen molar-refractivity contribution in [2.75, 3.05) is 4.90 Å². The van der Waals surface area contributed by atoms with Crippen molar-refractivity contribution in [3.8, 4) is 0 Å². The summed E-state index contributed by atoms with van der Waals surface area (Å²) in [5.74, 6) is -2.27. The van der Waals surface area contributed by atoms with Gasteiger partial charge in [-0.05, 0) is 18.2 Å². The second kappa shape index (κ2) is 4.14. The third-order valence-electron chi connectivity index (χ3n) is 2.16. The second-order valence-corrected chi connectivity index (χ2v) is 3.79. The van der Waals surface area contributed by atoms with Gasteiger partial charge in [-0.25, -0.2) is 14.1 Å². The SMILES string of the molecule is O=C1CC(=O)N(c2cc(Cl)ccc2F)C(=O)N1. The fourth-order valence-corrected chi connectivity index (χ4v) is 1.62. The Morgan fingerprint density at radius 3 is 2.65 bits per heavy atom. The zero-order valence-electron chi connectivity index (χ0n) is 8.37. The van der Waals surface area contributed by atoms with E-state index in [0.29, 0.717) is 4.90 Å². The molecule has 1 fully saturated rings. The van der Waals surface area contributed by atoms with Crippen LogP contribution in [0.5, 0.6) is 0 Å². The average Bonchev–Trinajstić information content (AvgIpc) is 2.21. The molecule has 17 heavy (non-hydrogen) atoms. The van der Waals surface area contributed by atoms with Gasteiger partial charge in [-0.3, -0.25) is 14.9 Å². The highest BCUT2D eigenvalue weighted by atomic mass is 35.5. The molecule has 0 aliphatic carbocycles. The summed E-state index contributed by atoms with van der Waals surface area (Å²) in [5, 5.41) is 2.10. The lowest BCUT2D eigenvalue weighted by molar-refractivity contribution is -0.128. The molecule has 1 saturated heterocycles. The second-order valence-electron chi connectivity index (χ2n) is 3.35. The van der Waals surface area contributed by atoms with Crippen molar-refractivity contribution in [1.29, 1.82) is 0 Å². The molecule has 0 bridgehead atoms. The molecule has 0 saturated carbocycles. The van der Waals surface area contributed by atoms with Crippen LogP contribution in [0, 0.1) is 5.82 Å². The van der Waals surface area contributed by atoms with Crippen LogP contribution in [0.3, 0.4) is 0 Å². The summed E-state index contributed by atoms with van der Waals surface area (Å²) in [4.78, 5) is 34.4. The molecule has 0 unspecified atom stereocenters. The molecule has 4 amide bonds. The number of benzene rings is 1. The molecule has 88 valence electrons. The highest BCUT2D eigenvalue weighted by Gasteiger charge is 2.33. The number of urea groups is 1. The van der Waals surface area contributed by atoms with Gasteiger partial charge in [-0.1, -0.05) is 11.6 Å². The van der Waals surface area contributed by atoms with Gasteiger partial charge in [0, 0.05) is 5.02 Å². The van der Waals surface area contributed by atoms with Crippen LogP contribution in [0.4, 0.5) is 14.9 Å². The third-order valence-corrected chi connectivity index (χ3v) is 2.39. The van der Waals surface area contributed by atoms with Crippen LogP contribution >= 0.6 is 11.6 Å². The molecule has 0 radical (unpaired) electrons. The number of rotatable bonds is 1. The smallest absolute Gasteiger partial charge is 0.277 e. The number of imide groups is 2. The molecule has 7 heteroatoms. The van der Waals surface area contributed by atoms with Crippen LogP contribution in [0.2, 0.25) is 5.02 Å². The zero-order valence-corrected chi connectivity index (χ0v) is 9.12. The van der Waals surface area contributed by atoms with E-state index in [4.69, 9.17) is 11.6 Å². The largest absolute Gasteiger partial charge is 0.335 e. The number of nitrogens with one attached hydrogen (secondary N) is 1. The van der Waals surface area contributed by atoms with Crippen LogP contribution in [0.1, 0.15) is 6.42 Å². The van der Waals surface area contributed by atoms with Crippen molar-refractivity contribution in [2.45, 2.75) is 6.42 Å². The zero-order chi connectivity index (χ0) is 12.6. The first-order valence-corrected chi connectivity index (χ1v) is 4.98. The summed E-state index contributed by atoms with van der Waals surface area (Å²) in [5.41, 5.74) is -0.271. The minimum absolute atomic E-state index is 0.180. The molecule has 0 aromatic heterocycles. The molecule has 0 spiro atoms. The summed E-state index contributed by atoms with van der Waals surface area (Å²) in [6, 6.07) is 2.49. The lowest BCUT2D eigenvalue weighted by Gasteiger charge is -2.24. The van der Waals surface area contributed by atoms with E-state index in [1.54, 1.807) is 0 Å². The maximum atomic E-state index is 13.5. The van der Waals surface area contributed by atoms with Crippen molar-refractivity contribution in [3.63, 3.8) is 0 Å². The number of carbonyl (C=O) groups excluding carboxylic acids is 3. The average molecular weight is 257 g/mol. The van der Waals surface area contributed by atoms with Crippen LogP contribution in [0.25, 0.3) is 0 Å². The number of anilines is 1. The molecular weight excluding hydrogens is 251 g/mol. The number of nitrogens with zero attached hydrogens (tertiary/aromatic N) is 1.